The second-order valence-electron chi connectivity index (χ2n) is 6.57. The molecule has 2 N–H and O–H groups in total. The number of hydrogen-bond donors (Lipinski definition) is 1. The summed E-state index contributed by atoms with van der Waals surface area (Å²) < 4.78 is 7.23. The lowest BCUT2D eigenvalue weighted by Crippen LogP contribution is -2.01. The number of fused-ring (bicyclic) bond motifs is 3. The van der Waals surface area contributed by atoms with Crippen molar-refractivity contribution in [2.45, 2.75) is 6.42 Å². The van der Waals surface area contributed by atoms with Gasteiger partial charge in [-0.1, -0.05) is 12.1 Å². The number of benzene rings is 1. The van der Waals surface area contributed by atoms with Crippen molar-refractivity contribution in [2.75, 3.05) is 12.8 Å². The van der Waals surface area contributed by atoms with Gasteiger partial charge < -0.3 is 10.5 Å². The summed E-state index contributed by atoms with van der Waals surface area (Å²) >= 11 is 0. The molecule has 8 nitrogen and oxygen atoms in total. The molecule has 0 atom stereocenters. The maximum Gasteiger partial charge on any atom is 0.206 e. The number of nitrogens with two attached hydrogens (primary N) is 1. The number of rotatable bonds is 4. The van der Waals surface area contributed by atoms with E-state index in [1.165, 1.54) is 6.33 Å². The van der Waals surface area contributed by atoms with E-state index in [0.717, 1.165) is 33.5 Å². The van der Waals surface area contributed by atoms with E-state index in [0.29, 0.717) is 23.6 Å². The summed E-state index contributed by atoms with van der Waals surface area (Å²) in [6.45, 7) is 0. The molecule has 0 aliphatic heterocycles. The molecule has 0 bridgehead atoms. The number of nitrogen functional groups attached to an aromatic ring is 1. The van der Waals surface area contributed by atoms with E-state index in [1.807, 2.05) is 36.5 Å². The Balaban J connectivity index is 1.63. The van der Waals surface area contributed by atoms with E-state index < -0.39 is 0 Å². The van der Waals surface area contributed by atoms with Crippen LogP contribution in [0, 0.1) is 0 Å². The minimum Gasteiger partial charge on any atom is -0.494 e. The minimum atomic E-state index is 0.360. The molecular formula is C21H17N7O. The monoisotopic (exact) mass is 383 g/mol. The van der Waals surface area contributed by atoms with Crippen LogP contribution in [0.4, 0.5) is 5.95 Å². The molecule has 0 unspecified atom stereocenters. The van der Waals surface area contributed by atoms with Crippen molar-refractivity contribution in [3.8, 4) is 17.0 Å². The SMILES string of the molecule is COc1cccc2c1nc(N)n1cc(Cc3cccnc3-c3cncnc3)nc21. The van der Waals surface area contributed by atoms with Crippen LogP contribution >= 0.6 is 0 Å². The van der Waals surface area contributed by atoms with Crippen LogP contribution in [0.3, 0.4) is 0 Å². The highest BCUT2D eigenvalue weighted by Gasteiger charge is 2.15. The number of hydrogen-bond acceptors (Lipinski definition) is 7. The molecule has 0 fully saturated rings. The summed E-state index contributed by atoms with van der Waals surface area (Å²) in [5, 5.41) is 0.882. The van der Waals surface area contributed by atoms with Gasteiger partial charge in [-0.25, -0.2) is 19.9 Å². The highest BCUT2D eigenvalue weighted by Crippen LogP contribution is 2.29. The van der Waals surface area contributed by atoms with Gasteiger partial charge in [-0.05, 0) is 23.8 Å². The van der Waals surface area contributed by atoms with Crippen LogP contribution in [0.2, 0.25) is 0 Å². The van der Waals surface area contributed by atoms with E-state index in [9.17, 15) is 0 Å². The highest BCUT2D eigenvalue weighted by molar-refractivity contribution is 5.96. The Labute approximate surface area is 166 Å². The van der Waals surface area contributed by atoms with E-state index in [4.69, 9.17) is 15.5 Å². The quantitative estimate of drug-likeness (QED) is 0.509. The zero-order valence-electron chi connectivity index (χ0n) is 15.6. The summed E-state index contributed by atoms with van der Waals surface area (Å²) in [6, 6.07) is 9.69. The maximum absolute atomic E-state index is 6.20. The van der Waals surface area contributed by atoms with Crippen molar-refractivity contribution in [1.29, 1.82) is 0 Å². The molecule has 8 heteroatoms. The van der Waals surface area contributed by atoms with E-state index >= 15 is 0 Å². The molecule has 0 aliphatic rings. The Hall–Kier alpha value is -4.07. The highest BCUT2D eigenvalue weighted by atomic mass is 16.5. The Morgan fingerprint density at radius 2 is 1.93 bits per heavy atom. The molecule has 0 amide bonds. The first-order valence-electron chi connectivity index (χ1n) is 9.04. The van der Waals surface area contributed by atoms with Crippen LogP contribution in [0.25, 0.3) is 27.8 Å². The largest absolute Gasteiger partial charge is 0.494 e. The Bertz CT molecular complexity index is 1330. The second-order valence-corrected chi connectivity index (χ2v) is 6.57. The molecule has 4 aromatic heterocycles. The van der Waals surface area contributed by atoms with Gasteiger partial charge in [-0.3, -0.25) is 9.38 Å². The molecule has 5 rings (SSSR count). The molecule has 0 radical (unpaired) electrons. The summed E-state index contributed by atoms with van der Waals surface area (Å²) in [7, 11) is 1.62. The van der Waals surface area contributed by atoms with Gasteiger partial charge in [-0.15, -0.1) is 0 Å². The summed E-state index contributed by atoms with van der Waals surface area (Å²) in [6.07, 6.45) is 9.27. The number of para-hydroxylation sites is 1. The lowest BCUT2D eigenvalue weighted by atomic mass is 10.0. The summed E-state index contributed by atoms with van der Waals surface area (Å²) in [5.41, 5.74) is 11.2. The lowest BCUT2D eigenvalue weighted by Gasteiger charge is -2.07. The first kappa shape index (κ1) is 17.1. The average molecular weight is 383 g/mol. The zero-order chi connectivity index (χ0) is 19.8. The Morgan fingerprint density at radius 1 is 1.07 bits per heavy atom. The van der Waals surface area contributed by atoms with Crippen LogP contribution in [0.1, 0.15) is 11.3 Å². The molecule has 0 aliphatic carbocycles. The van der Waals surface area contributed by atoms with Crippen molar-refractivity contribution >= 4 is 22.5 Å². The van der Waals surface area contributed by atoms with Gasteiger partial charge in [0.05, 0.1) is 18.5 Å². The van der Waals surface area contributed by atoms with Gasteiger partial charge in [0.1, 0.15) is 23.2 Å². The molecule has 142 valence electrons. The molecule has 4 heterocycles. The van der Waals surface area contributed by atoms with Crippen LogP contribution < -0.4 is 10.5 Å². The Kier molecular flexibility index (Phi) is 4.02. The van der Waals surface area contributed by atoms with Crippen molar-refractivity contribution in [3.63, 3.8) is 0 Å². The number of imidazole rings is 1. The molecule has 1 aromatic carbocycles. The normalized spacial score (nSPS) is 11.2. The fourth-order valence-electron chi connectivity index (χ4n) is 3.49. The van der Waals surface area contributed by atoms with E-state index in [-0.39, 0.29) is 0 Å². The van der Waals surface area contributed by atoms with E-state index in [2.05, 4.69) is 19.9 Å². The third-order valence-corrected chi connectivity index (χ3v) is 4.79. The number of aromatic nitrogens is 6. The van der Waals surface area contributed by atoms with Crippen LogP contribution in [0.5, 0.6) is 5.75 Å². The van der Waals surface area contributed by atoms with Gasteiger partial charge >= 0.3 is 0 Å². The topological polar surface area (TPSA) is 104 Å². The smallest absolute Gasteiger partial charge is 0.206 e. The molecule has 5 aromatic rings. The third-order valence-electron chi connectivity index (χ3n) is 4.79. The van der Waals surface area contributed by atoms with Gasteiger partial charge in [0, 0.05) is 42.2 Å². The van der Waals surface area contributed by atoms with Crippen LogP contribution in [-0.4, -0.2) is 36.4 Å². The predicted octanol–water partition coefficient (Wildman–Crippen LogP) is 2.92. The molecule has 0 spiro atoms. The first-order valence-corrected chi connectivity index (χ1v) is 9.04. The number of ether oxygens (including phenoxy) is 1. The fourth-order valence-corrected chi connectivity index (χ4v) is 3.49. The fraction of sp³-hybridized carbons (Fsp3) is 0.0952. The van der Waals surface area contributed by atoms with Gasteiger partial charge in [0.25, 0.3) is 0 Å². The van der Waals surface area contributed by atoms with Crippen molar-refractivity contribution in [2.24, 2.45) is 0 Å². The summed E-state index contributed by atoms with van der Waals surface area (Å²) in [4.78, 5) is 22.1. The predicted molar refractivity (Wildman–Crippen MR) is 110 cm³/mol. The molecule has 0 saturated heterocycles. The second kappa shape index (κ2) is 6.83. The average Bonchev–Trinajstić information content (AvgIpc) is 3.19. The number of pyridine rings is 1. The number of nitrogens with zero attached hydrogens (tertiary/aromatic N) is 6. The Morgan fingerprint density at radius 3 is 2.76 bits per heavy atom. The lowest BCUT2D eigenvalue weighted by molar-refractivity contribution is 0.419. The minimum absolute atomic E-state index is 0.360. The maximum atomic E-state index is 6.20. The molecular weight excluding hydrogens is 366 g/mol. The number of anilines is 1. The molecule has 0 saturated carbocycles. The third kappa shape index (κ3) is 2.91. The standard InChI is InChI=1S/C21H17N7O/c1-29-17-6-2-5-16-19(17)27-21(22)28-11-15(26-20(16)28)8-13-4-3-7-25-18(13)14-9-23-12-24-10-14/h2-7,9-12H,8H2,1H3,(H2,22,27). The van der Waals surface area contributed by atoms with Gasteiger partial charge in [0.2, 0.25) is 5.95 Å². The van der Waals surface area contributed by atoms with Crippen molar-refractivity contribution in [3.05, 3.63) is 72.7 Å². The van der Waals surface area contributed by atoms with Crippen molar-refractivity contribution in [1.82, 2.24) is 29.3 Å². The van der Waals surface area contributed by atoms with Gasteiger partial charge in [-0.2, -0.15) is 0 Å². The first-order chi connectivity index (χ1) is 14.2. The summed E-state index contributed by atoms with van der Waals surface area (Å²) in [5.74, 6) is 1.03. The zero-order valence-corrected chi connectivity index (χ0v) is 15.6. The number of methoxy groups -OCH3 is 1. The van der Waals surface area contributed by atoms with Crippen LogP contribution in [-0.2, 0) is 6.42 Å². The van der Waals surface area contributed by atoms with E-state index in [1.54, 1.807) is 30.1 Å². The van der Waals surface area contributed by atoms with Gasteiger partial charge in [0.15, 0.2) is 0 Å². The van der Waals surface area contributed by atoms with Crippen molar-refractivity contribution < 1.29 is 4.74 Å². The molecule has 29 heavy (non-hydrogen) atoms. The van der Waals surface area contributed by atoms with Crippen LogP contribution in [0.15, 0.2) is 61.4 Å².